The van der Waals surface area contributed by atoms with Crippen LogP contribution in [0.4, 0.5) is 0 Å². The van der Waals surface area contributed by atoms with Crippen LogP contribution in [0.25, 0.3) is 11.4 Å². The molecular formula is C28H28N6O2. The number of nitrogens with one attached hydrogen (secondary N) is 2. The number of carbonyl (C=O) groups excluding carboxylic acids is 2. The Bertz CT molecular complexity index is 1310. The quantitative estimate of drug-likeness (QED) is 0.397. The molecule has 4 aromatic rings. The SMILES string of the molecule is O=C(NCCNC(=O)c1nn(-c2ccccc2)c2c1CCC2)c1nn(-c2ccccc2)c2c1CCC2. The van der Waals surface area contributed by atoms with E-state index >= 15 is 0 Å². The number of hydrogen-bond acceptors (Lipinski definition) is 4. The molecule has 0 unspecified atom stereocenters. The first-order valence-corrected chi connectivity index (χ1v) is 12.6. The molecule has 0 saturated carbocycles. The van der Waals surface area contributed by atoms with Gasteiger partial charge in [-0.05, 0) is 62.8 Å². The number of carbonyl (C=O) groups is 2. The minimum Gasteiger partial charge on any atom is -0.349 e. The summed E-state index contributed by atoms with van der Waals surface area (Å²) in [5, 5.41) is 15.1. The maximum atomic E-state index is 13.0. The molecule has 0 fully saturated rings. The van der Waals surface area contributed by atoms with Gasteiger partial charge >= 0.3 is 0 Å². The number of para-hydroxylation sites is 2. The van der Waals surface area contributed by atoms with E-state index in [-0.39, 0.29) is 11.8 Å². The van der Waals surface area contributed by atoms with Gasteiger partial charge in [0.2, 0.25) is 0 Å². The van der Waals surface area contributed by atoms with Crippen molar-refractivity contribution in [3.8, 4) is 11.4 Å². The Hall–Kier alpha value is -4.20. The standard InChI is InChI=1S/C28H28N6O2/c35-27(25-21-13-7-15-23(21)33(31-25)19-9-3-1-4-10-19)29-17-18-30-28(36)26-22-14-8-16-24(22)34(32-26)20-11-5-2-6-12-20/h1-6,9-12H,7-8,13-18H2,(H,29,35)(H,30,36). The van der Waals surface area contributed by atoms with Crippen molar-refractivity contribution in [2.24, 2.45) is 0 Å². The van der Waals surface area contributed by atoms with E-state index in [0.717, 1.165) is 72.4 Å². The molecule has 2 heterocycles. The molecule has 2 N–H and O–H groups in total. The van der Waals surface area contributed by atoms with Gasteiger partial charge in [-0.15, -0.1) is 0 Å². The van der Waals surface area contributed by atoms with Crippen LogP contribution < -0.4 is 10.6 Å². The predicted octanol–water partition coefficient (Wildman–Crippen LogP) is 3.20. The molecular weight excluding hydrogens is 452 g/mol. The number of rotatable bonds is 7. The van der Waals surface area contributed by atoms with Crippen LogP contribution >= 0.6 is 0 Å². The summed E-state index contributed by atoms with van der Waals surface area (Å²) in [6.07, 6.45) is 5.60. The molecule has 0 aliphatic heterocycles. The highest BCUT2D eigenvalue weighted by molar-refractivity contribution is 5.95. The van der Waals surface area contributed by atoms with Crippen molar-refractivity contribution in [1.82, 2.24) is 30.2 Å². The highest BCUT2D eigenvalue weighted by Crippen LogP contribution is 2.29. The maximum Gasteiger partial charge on any atom is 0.272 e. The van der Waals surface area contributed by atoms with Crippen molar-refractivity contribution >= 4 is 11.8 Å². The first-order valence-electron chi connectivity index (χ1n) is 12.6. The highest BCUT2D eigenvalue weighted by atomic mass is 16.2. The lowest BCUT2D eigenvalue weighted by Crippen LogP contribution is -2.35. The lowest BCUT2D eigenvalue weighted by Gasteiger charge is -2.07. The van der Waals surface area contributed by atoms with E-state index in [4.69, 9.17) is 0 Å². The van der Waals surface area contributed by atoms with Gasteiger partial charge in [-0.1, -0.05) is 36.4 Å². The Morgan fingerprint density at radius 2 is 1.06 bits per heavy atom. The third-order valence-electron chi connectivity index (χ3n) is 6.99. The summed E-state index contributed by atoms with van der Waals surface area (Å²) in [5.74, 6) is -0.405. The minimum atomic E-state index is -0.202. The largest absolute Gasteiger partial charge is 0.349 e. The molecule has 8 nitrogen and oxygen atoms in total. The summed E-state index contributed by atoms with van der Waals surface area (Å²) < 4.78 is 3.78. The minimum absolute atomic E-state index is 0.202. The van der Waals surface area contributed by atoms with Gasteiger partial charge in [-0.25, -0.2) is 9.36 Å². The van der Waals surface area contributed by atoms with Crippen molar-refractivity contribution in [1.29, 1.82) is 0 Å². The fourth-order valence-electron chi connectivity index (χ4n) is 5.32. The average Bonchev–Trinajstić information content (AvgIpc) is 3.69. The second-order valence-corrected chi connectivity index (χ2v) is 9.26. The Kier molecular flexibility index (Phi) is 5.85. The summed E-state index contributed by atoms with van der Waals surface area (Å²) in [5.41, 5.74) is 7.18. The fourth-order valence-corrected chi connectivity index (χ4v) is 5.32. The third kappa shape index (κ3) is 3.98. The zero-order chi connectivity index (χ0) is 24.5. The van der Waals surface area contributed by atoms with E-state index in [1.807, 2.05) is 70.0 Å². The number of fused-ring (bicyclic) bond motifs is 2. The van der Waals surface area contributed by atoms with Crippen molar-refractivity contribution in [2.75, 3.05) is 13.1 Å². The molecule has 2 aromatic heterocycles. The number of benzene rings is 2. The summed E-state index contributed by atoms with van der Waals surface area (Å²) >= 11 is 0. The first kappa shape index (κ1) is 22.3. The van der Waals surface area contributed by atoms with Crippen LogP contribution in [-0.2, 0) is 25.7 Å². The van der Waals surface area contributed by atoms with Crippen LogP contribution in [0.15, 0.2) is 60.7 Å². The summed E-state index contributed by atoms with van der Waals surface area (Å²) in [6, 6.07) is 19.8. The van der Waals surface area contributed by atoms with Gasteiger partial charge in [-0.3, -0.25) is 9.59 Å². The molecule has 0 saturated heterocycles. The van der Waals surface area contributed by atoms with Gasteiger partial charge in [0, 0.05) is 35.6 Å². The molecule has 0 bridgehead atoms. The zero-order valence-electron chi connectivity index (χ0n) is 20.0. The van der Waals surface area contributed by atoms with Crippen LogP contribution in [-0.4, -0.2) is 44.5 Å². The maximum absolute atomic E-state index is 13.0. The highest BCUT2D eigenvalue weighted by Gasteiger charge is 2.28. The second kappa shape index (κ2) is 9.45. The van der Waals surface area contributed by atoms with E-state index in [2.05, 4.69) is 20.8 Å². The van der Waals surface area contributed by atoms with Gasteiger partial charge in [-0.2, -0.15) is 10.2 Å². The summed E-state index contributed by atoms with van der Waals surface area (Å²) in [6.45, 7) is 0.637. The number of hydrogen-bond donors (Lipinski definition) is 2. The molecule has 2 aliphatic carbocycles. The smallest absolute Gasteiger partial charge is 0.272 e. The van der Waals surface area contributed by atoms with E-state index in [9.17, 15) is 9.59 Å². The number of amides is 2. The number of nitrogens with zero attached hydrogens (tertiary/aromatic N) is 4. The normalized spacial score (nSPS) is 13.9. The van der Waals surface area contributed by atoms with Crippen molar-refractivity contribution in [3.05, 3.63) is 94.6 Å². The topological polar surface area (TPSA) is 93.8 Å². The molecule has 0 atom stereocenters. The van der Waals surface area contributed by atoms with E-state index in [1.165, 1.54) is 0 Å². The van der Waals surface area contributed by atoms with Crippen LogP contribution in [0.5, 0.6) is 0 Å². The summed E-state index contributed by atoms with van der Waals surface area (Å²) in [4.78, 5) is 25.9. The van der Waals surface area contributed by atoms with E-state index in [0.29, 0.717) is 24.5 Å². The monoisotopic (exact) mass is 480 g/mol. The van der Waals surface area contributed by atoms with Crippen LogP contribution in [0, 0.1) is 0 Å². The van der Waals surface area contributed by atoms with Crippen molar-refractivity contribution in [2.45, 2.75) is 38.5 Å². The molecule has 2 aliphatic rings. The molecule has 36 heavy (non-hydrogen) atoms. The summed E-state index contributed by atoms with van der Waals surface area (Å²) in [7, 11) is 0. The zero-order valence-corrected chi connectivity index (χ0v) is 20.0. The molecule has 2 aromatic carbocycles. The molecule has 8 heteroatoms. The molecule has 0 radical (unpaired) electrons. The van der Waals surface area contributed by atoms with E-state index in [1.54, 1.807) is 0 Å². The average molecular weight is 481 g/mol. The molecule has 6 rings (SSSR count). The van der Waals surface area contributed by atoms with Gasteiger partial charge in [0.05, 0.1) is 11.4 Å². The fraction of sp³-hybridized carbons (Fsp3) is 0.286. The third-order valence-corrected chi connectivity index (χ3v) is 6.99. The van der Waals surface area contributed by atoms with Gasteiger partial charge in [0.15, 0.2) is 11.4 Å². The Labute approximate surface area is 209 Å². The van der Waals surface area contributed by atoms with Crippen molar-refractivity contribution < 1.29 is 9.59 Å². The Morgan fingerprint density at radius 1 is 0.639 bits per heavy atom. The molecule has 182 valence electrons. The van der Waals surface area contributed by atoms with Crippen LogP contribution in [0.2, 0.25) is 0 Å². The number of aromatic nitrogens is 4. The molecule has 2 amide bonds. The van der Waals surface area contributed by atoms with Gasteiger partial charge in [0.1, 0.15) is 0 Å². The van der Waals surface area contributed by atoms with Gasteiger partial charge in [0.25, 0.3) is 11.8 Å². The predicted molar refractivity (Wildman–Crippen MR) is 136 cm³/mol. The lowest BCUT2D eigenvalue weighted by molar-refractivity contribution is 0.0921. The second-order valence-electron chi connectivity index (χ2n) is 9.26. The van der Waals surface area contributed by atoms with Crippen LogP contribution in [0.3, 0.4) is 0 Å². The first-order chi connectivity index (χ1) is 17.7. The molecule has 0 spiro atoms. The lowest BCUT2D eigenvalue weighted by atomic mass is 10.2. The van der Waals surface area contributed by atoms with E-state index < -0.39 is 0 Å². The Morgan fingerprint density at radius 3 is 1.47 bits per heavy atom. The van der Waals surface area contributed by atoms with Gasteiger partial charge < -0.3 is 10.6 Å². The van der Waals surface area contributed by atoms with Crippen molar-refractivity contribution in [3.63, 3.8) is 0 Å². The Balaban J connectivity index is 1.10. The van der Waals surface area contributed by atoms with Crippen LogP contribution in [0.1, 0.15) is 56.3 Å².